The molecular weight excluding hydrogens is 392 g/mol. The summed E-state index contributed by atoms with van der Waals surface area (Å²) >= 11 is 6.20. The Bertz CT molecular complexity index is 843. The van der Waals surface area contributed by atoms with E-state index in [-0.39, 0.29) is 49.7 Å². The maximum absolute atomic E-state index is 12.7. The van der Waals surface area contributed by atoms with Crippen LogP contribution in [0.15, 0.2) is 48.7 Å². The van der Waals surface area contributed by atoms with E-state index < -0.39 is 0 Å². The number of carbonyl (C=O) groups excluding carboxylic acids is 3. The lowest BCUT2D eigenvalue weighted by Crippen LogP contribution is -2.42. The third-order valence-electron chi connectivity index (χ3n) is 3.95. The Morgan fingerprint density at radius 1 is 1.03 bits per heavy atom. The molecule has 0 fully saturated rings. The molecule has 1 heterocycles. The highest BCUT2D eigenvalue weighted by atomic mass is 35.5. The van der Waals surface area contributed by atoms with Crippen LogP contribution in [0.25, 0.3) is 0 Å². The van der Waals surface area contributed by atoms with Crippen molar-refractivity contribution in [3.8, 4) is 0 Å². The van der Waals surface area contributed by atoms with E-state index in [2.05, 4.69) is 15.6 Å². The molecule has 0 saturated heterocycles. The van der Waals surface area contributed by atoms with Crippen molar-refractivity contribution in [1.82, 2.24) is 15.2 Å². The van der Waals surface area contributed by atoms with E-state index in [1.54, 1.807) is 42.6 Å². The Kier molecular flexibility index (Phi) is 8.61. The number of amides is 3. The number of benzene rings is 1. The fourth-order valence-corrected chi connectivity index (χ4v) is 2.82. The lowest BCUT2D eigenvalue weighted by Gasteiger charge is -2.23. The van der Waals surface area contributed by atoms with Crippen LogP contribution in [-0.2, 0) is 20.9 Å². The van der Waals surface area contributed by atoms with Gasteiger partial charge in [0, 0.05) is 36.6 Å². The molecule has 2 N–H and O–H groups in total. The predicted molar refractivity (Wildman–Crippen MR) is 112 cm³/mol. The minimum Gasteiger partial charge on any atom is -0.352 e. The Labute approximate surface area is 175 Å². The number of hydrogen-bond acceptors (Lipinski definition) is 4. The largest absolute Gasteiger partial charge is 0.352 e. The van der Waals surface area contributed by atoms with Gasteiger partial charge < -0.3 is 15.5 Å². The van der Waals surface area contributed by atoms with Crippen LogP contribution < -0.4 is 10.6 Å². The molecule has 29 heavy (non-hydrogen) atoms. The summed E-state index contributed by atoms with van der Waals surface area (Å²) in [7, 11) is 0. The van der Waals surface area contributed by atoms with E-state index in [9.17, 15) is 14.4 Å². The zero-order chi connectivity index (χ0) is 21.2. The summed E-state index contributed by atoms with van der Waals surface area (Å²) in [6.45, 7) is 3.77. The maximum Gasteiger partial charge on any atom is 0.239 e. The summed E-state index contributed by atoms with van der Waals surface area (Å²) in [5.41, 5.74) is 0.734. The van der Waals surface area contributed by atoms with Gasteiger partial charge in [-0.1, -0.05) is 35.9 Å². The molecule has 0 radical (unpaired) electrons. The zero-order valence-electron chi connectivity index (χ0n) is 16.5. The van der Waals surface area contributed by atoms with Crippen LogP contribution in [0.3, 0.4) is 0 Å². The van der Waals surface area contributed by atoms with Gasteiger partial charge in [0.2, 0.25) is 17.7 Å². The first-order valence-corrected chi connectivity index (χ1v) is 9.74. The standard InChI is InChI=1S/C21H25ClN4O3/c1-15(2)24-20(28)14-26(13-16-7-3-4-8-17(16)22)21(29)11-10-19(27)25-18-9-5-6-12-23-18/h3-9,12,15H,10-11,13-14H2,1-2H3,(H,24,28)(H,23,25,27). The SMILES string of the molecule is CC(C)NC(=O)CN(Cc1ccccc1Cl)C(=O)CCC(=O)Nc1ccccn1. The number of hydrogen-bond donors (Lipinski definition) is 2. The van der Waals surface area contributed by atoms with Crippen molar-refractivity contribution in [3.63, 3.8) is 0 Å². The number of aromatic nitrogens is 1. The zero-order valence-corrected chi connectivity index (χ0v) is 17.3. The minimum atomic E-state index is -0.318. The normalized spacial score (nSPS) is 10.5. The van der Waals surface area contributed by atoms with Gasteiger partial charge in [-0.05, 0) is 37.6 Å². The Morgan fingerprint density at radius 3 is 2.41 bits per heavy atom. The molecule has 1 aromatic heterocycles. The topological polar surface area (TPSA) is 91.4 Å². The van der Waals surface area contributed by atoms with Gasteiger partial charge in [-0.2, -0.15) is 0 Å². The van der Waals surface area contributed by atoms with Gasteiger partial charge in [0.1, 0.15) is 5.82 Å². The quantitative estimate of drug-likeness (QED) is 0.657. The van der Waals surface area contributed by atoms with Gasteiger partial charge in [-0.3, -0.25) is 14.4 Å². The predicted octanol–water partition coefficient (Wildman–Crippen LogP) is 3.01. The lowest BCUT2D eigenvalue weighted by atomic mass is 10.2. The second-order valence-electron chi connectivity index (χ2n) is 6.83. The Balaban J connectivity index is 2.00. The second kappa shape index (κ2) is 11.2. The molecule has 0 aliphatic heterocycles. The number of nitrogens with zero attached hydrogens (tertiary/aromatic N) is 2. The number of carbonyl (C=O) groups is 3. The van der Waals surface area contributed by atoms with E-state index in [4.69, 9.17) is 11.6 Å². The molecule has 7 nitrogen and oxygen atoms in total. The van der Waals surface area contributed by atoms with E-state index in [1.807, 2.05) is 19.9 Å². The highest BCUT2D eigenvalue weighted by Gasteiger charge is 2.20. The average molecular weight is 417 g/mol. The van der Waals surface area contributed by atoms with E-state index >= 15 is 0 Å². The van der Waals surface area contributed by atoms with Gasteiger partial charge in [0.15, 0.2) is 0 Å². The number of pyridine rings is 1. The maximum atomic E-state index is 12.7. The van der Waals surface area contributed by atoms with Crippen LogP contribution in [0.1, 0.15) is 32.3 Å². The van der Waals surface area contributed by atoms with Crippen molar-refractivity contribution in [2.45, 2.75) is 39.3 Å². The van der Waals surface area contributed by atoms with Gasteiger partial charge >= 0.3 is 0 Å². The van der Waals surface area contributed by atoms with Gasteiger partial charge in [-0.25, -0.2) is 4.98 Å². The van der Waals surface area contributed by atoms with Gasteiger partial charge in [-0.15, -0.1) is 0 Å². The highest BCUT2D eigenvalue weighted by molar-refractivity contribution is 6.31. The van der Waals surface area contributed by atoms with Crippen LogP contribution in [0, 0.1) is 0 Å². The number of nitrogens with one attached hydrogen (secondary N) is 2. The molecule has 0 bridgehead atoms. The third-order valence-corrected chi connectivity index (χ3v) is 4.32. The smallest absolute Gasteiger partial charge is 0.239 e. The molecule has 0 aliphatic rings. The molecule has 1 aromatic carbocycles. The third kappa shape index (κ3) is 7.91. The van der Waals surface area contributed by atoms with Crippen LogP contribution in [0.2, 0.25) is 5.02 Å². The molecule has 0 atom stereocenters. The summed E-state index contributed by atoms with van der Waals surface area (Å²) in [5, 5.41) is 5.93. The van der Waals surface area contributed by atoms with Crippen molar-refractivity contribution in [1.29, 1.82) is 0 Å². The Morgan fingerprint density at radius 2 is 1.76 bits per heavy atom. The van der Waals surface area contributed by atoms with Gasteiger partial charge in [0.25, 0.3) is 0 Å². The van der Waals surface area contributed by atoms with Crippen molar-refractivity contribution < 1.29 is 14.4 Å². The molecule has 0 unspecified atom stereocenters. The first-order chi connectivity index (χ1) is 13.8. The van der Waals surface area contributed by atoms with Crippen molar-refractivity contribution in [2.75, 3.05) is 11.9 Å². The van der Waals surface area contributed by atoms with Crippen LogP contribution in [-0.4, -0.2) is 40.2 Å². The molecule has 0 spiro atoms. The van der Waals surface area contributed by atoms with Crippen LogP contribution in [0.5, 0.6) is 0 Å². The van der Waals surface area contributed by atoms with Crippen molar-refractivity contribution in [3.05, 3.63) is 59.2 Å². The average Bonchev–Trinajstić information content (AvgIpc) is 2.67. The summed E-state index contributed by atoms with van der Waals surface area (Å²) < 4.78 is 0. The van der Waals surface area contributed by atoms with E-state index in [1.165, 1.54) is 4.90 Å². The molecule has 3 amide bonds. The van der Waals surface area contributed by atoms with Gasteiger partial charge in [0.05, 0.1) is 6.54 Å². The molecule has 2 aromatic rings. The summed E-state index contributed by atoms with van der Waals surface area (Å²) in [4.78, 5) is 42.5. The summed E-state index contributed by atoms with van der Waals surface area (Å²) in [6, 6.07) is 12.3. The molecular formula is C21H25ClN4O3. The Hall–Kier alpha value is -2.93. The fraction of sp³-hybridized carbons (Fsp3) is 0.333. The highest BCUT2D eigenvalue weighted by Crippen LogP contribution is 2.18. The molecule has 0 aliphatic carbocycles. The summed E-state index contributed by atoms with van der Waals surface area (Å²) in [5.74, 6) is -0.464. The molecule has 2 rings (SSSR count). The van der Waals surface area contributed by atoms with E-state index in [0.717, 1.165) is 5.56 Å². The van der Waals surface area contributed by atoms with E-state index in [0.29, 0.717) is 10.8 Å². The molecule has 8 heteroatoms. The van der Waals surface area contributed by atoms with Crippen molar-refractivity contribution in [2.24, 2.45) is 0 Å². The minimum absolute atomic E-state index is 0.0137. The fourth-order valence-electron chi connectivity index (χ4n) is 2.63. The molecule has 154 valence electrons. The second-order valence-corrected chi connectivity index (χ2v) is 7.23. The molecule has 0 saturated carbocycles. The number of halogens is 1. The number of rotatable bonds is 9. The lowest BCUT2D eigenvalue weighted by molar-refractivity contribution is -0.137. The first kappa shape index (κ1) is 22.4. The van der Waals surface area contributed by atoms with Crippen LogP contribution >= 0.6 is 11.6 Å². The summed E-state index contributed by atoms with van der Waals surface area (Å²) in [6.07, 6.45) is 1.53. The first-order valence-electron chi connectivity index (χ1n) is 9.36. The van der Waals surface area contributed by atoms with Crippen molar-refractivity contribution >= 4 is 35.1 Å². The van der Waals surface area contributed by atoms with Crippen LogP contribution in [0.4, 0.5) is 5.82 Å². The number of anilines is 1. The monoisotopic (exact) mass is 416 g/mol.